The second-order valence-electron chi connectivity index (χ2n) is 5.28. The van der Waals surface area contributed by atoms with Gasteiger partial charge in [0.25, 0.3) is 0 Å². The van der Waals surface area contributed by atoms with Crippen LogP contribution in [0.4, 0.5) is 5.69 Å². The van der Waals surface area contributed by atoms with E-state index in [9.17, 15) is 18.5 Å². The Morgan fingerprint density at radius 1 is 1.22 bits per heavy atom. The van der Waals surface area contributed by atoms with E-state index in [1.165, 1.54) is 28.6 Å². The summed E-state index contributed by atoms with van der Waals surface area (Å²) >= 11 is 0. The molecule has 0 amide bonds. The zero-order valence-corrected chi connectivity index (χ0v) is 15.2. The molecule has 13 heteroatoms. The largest absolute Gasteiger partial charge is 0.430 e. The van der Waals surface area contributed by atoms with Gasteiger partial charge in [-0.2, -0.15) is 4.31 Å². The minimum atomic E-state index is -3.84. The van der Waals surface area contributed by atoms with Gasteiger partial charge in [0.05, 0.1) is 9.82 Å². The van der Waals surface area contributed by atoms with Gasteiger partial charge in [-0.3, -0.25) is 10.1 Å². The topological polar surface area (TPSA) is 146 Å². The third-order valence-electron chi connectivity index (χ3n) is 3.73. The average Bonchev–Trinajstić information content (AvgIpc) is 3.10. The lowest BCUT2D eigenvalue weighted by molar-refractivity contribution is -0.385. The molecule has 0 aliphatic heterocycles. The van der Waals surface area contributed by atoms with Gasteiger partial charge in [-0.05, 0) is 28.6 Å². The number of ether oxygens (including phenoxy) is 1. The quantitative estimate of drug-likeness (QED) is 0.427. The number of nitro benzene ring substituents is 1. The molecule has 0 aliphatic carbocycles. The van der Waals surface area contributed by atoms with E-state index in [1.54, 1.807) is 13.8 Å². The van der Waals surface area contributed by atoms with Gasteiger partial charge in [0.2, 0.25) is 21.7 Å². The Bertz CT molecular complexity index is 1090. The minimum Gasteiger partial charge on any atom is -0.430 e. The highest BCUT2D eigenvalue weighted by molar-refractivity contribution is 7.89. The maximum absolute atomic E-state index is 12.6. The Balaban J connectivity index is 2.00. The first-order valence-corrected chi connectivity index (χ1v) is 9.32. The highest BCUT2D eigenvalue weighted by atomic mass is 32.2. The van der Waals surface area contributed by atoms with Crippen molar-refractivity contribution < 1.29 is 18.1 Å². The number of sulfonamides is 1. The van der Waals surface area contributed by atoms with Crippen LogP contribution in [0.15, 0.2) is 35.2 Å². The Morgan fingerprint density at radius 3 is 2.63 bits per heavy atom. The number of nitro groups is 1. The molecule has 3 rings (SSSR count). The van der Waals surface area contributed by atoms with Crippen molar-refractivity contribution in [2.24, 2.45) is 0 Å². The molecule has 0 saturated heterocycles. The van der Waals surface area contributed by atoms with Crippen molar-refractivity contribution in [3.05, 3.63) is 40.4 Å². The summed E-state index contributed by atoms with van der Waals surface area (Å²) in [6.45, 7) is 3.88. The Labute approximate surface area is 153 Å². The molecule has 3 aromatic rings. The van der Waals surface area contributed by atoms with Gasteiger partial charge in [0, 0.05) is 25.2 Å². The van der Waals surface area contributed by atoms with Crippen LogP contribution >= 0.6 is 0 Å². The van der Waals surface area contributed by atoms with Crippen LogP contribution in [-0.2, 0) is 10.0 Å². The zero-order chi connectivity index (χ0) is 19.6. The first kappa shape index (κ1) is 18.6. The second kappa shape index (κ2) is 7.20. The van der Waals surface area contributed by atoms with Crippen LogP contribution < -0.4 is 4.74 Å². The van der Waals surface area contributed by atoms with Crippen LogP contribution in [0, 0.1) is 10.1 Å². The van der Waals surface area contributed by atoms with E-state index < -0.39 is 20.6 Å². The van der Waals surface area contributed by atoms with Gasteiger partial charge in [-0.1, -0.05) is 13.8 Å². The number of aromatic nitrogens is 5. The molecule has 0 bridgehead atoms. The number of nitrogens with zero attached hydrogens (tertiary/aromatic N) is 7. The summed E-state index contributed by atoms with van der Waals surface area (Å²) in [6.07, 6.45) is 0. The molecule has 0 saturated carbocycles. The molecule has 12 nitrogen and oxygen atoms in total. The monoisotopic (exact) mass is 393 g/mol. The maximum atomic E-state index is 12.6. The van der Waals surface area contributed by atoms with Gasteiger partial charge >= 0.3 is 5.69 Å². The van der Waals surface area contributed by atoms with Crippen LogP contribution in [0.1, 0.15) is 13.8 Å². The number of hydrogen-bond donors (Lipinski definition) is 0. The van der Waals surface area contributed by atoms with E-state index in [1.807, 2.05) is 0 Å². The standard InChI is InChI=1S/C14H15N7O5S/c1-3-19(4-2)27(24,25)10-5-6-12(11(9-10)21(22)23)26-14-8-7-13-15-17-18-20(13)16-14/h5-9H,3-4H2,1-2H3. The first-order chi connectivity index (χ1) is 12.9. The summed E-state index contributed by atoms with van der Waals surface area (Å²) in [6, 6.07) is 6.41. The van der Waals surface area contributed by atoms with E-state index in [2.05, 4.69) is 20.6 Å². The maximum Gasteiger partial charge on any atom is 0.312 e. The highest BCUT2D eigenvalue weighted by Gasteiger charge is 2.26. The van der Waals surface area contributed by atoms with Crippen molar-refractivity contribution >= 4 is 21.4 Å². The molecule has 0 unspecified atom stereocenters. The summed E-state index contributed by atoms with van der Waals surface area (Å²) < 4.78 is 32.9. The van der Waals surface area contributed by atoms with Crippen molar-refractivity contribution in [1.82, 2.24) is 29.6 Å². The molecule has 0 aliphatic rings. The third-order valence-corrected chi connectivity index (χ3v) is 5.78. The number of hydrogen-bond acceptors (Lipinski definition) is 9. The fourth-order valence-electron chi connectivity index (χ4n) is 2.40. The molecule has 1 aromatic carbocycles. The molecular weight excluding hydrogens is 378 g/mol. The van der Waals surface area contributed by atoms with Gasteiger partial charge in [0.15, 0.2) is 5.65 Å². The molecule has 0 radical (unpaired) electrons. The summed E-state index contributed by atoms with van der Waals surface area (Å²) in [5, 5.41) is 26.1. The third kappa shape index (κ3) is 3.54. The molecule has 2 heterocycles. The minimum absolute atomic E-state index is 0.0113. The molecular formula is C14H15N7O5S. The first-order valence-electron chi connectivity index (χ1n) is 7.88. The lowest BCUT2D eigenvalue weighted by Crippen LogP contribution is -2.30. The summed E-state index contributed by atoms with van der Waals surface area (Å²) in [5.74, 6) is -0.143. The Kier molecular flexibility index (Phi) is 4.96. The fourth-order valence-corrected chi connectivity index (χ4v) is 3.88. The number of fused-ring (bicyclic) bond motifs is 1. The van der Waals surface area contributed by atoms with Crippen LogP contribution in [-0.4, -0.2) is 56.0 Å². The zero-order valence-electron chi connectivity index (χ0n) is 14.4. The van der Waals surface area contributed by atoms with Crippen LogP contribution in [0.2, 0.25) is 0 Å². The number of rotatable bonds is 7. The molecule has 142 valence electrons. The van der Waals surface area contributed by atoms with Gasteiger partial charge in [-0.15, -0.1) is 14.8 Å². The lowest BCUT2D eigenvalue weighted by atomic mass is 10.3. The molecule has 0 fully saturated rings. The molecule has 27 heavy (non-hydrogen) atoms. The fraction of sp³-hybridized carbons (Fsp3) is 0.286. The van der Waals surface area contributed by atoms with Crippen molar-refractivity contribution in [3.8, 4) is 11.6 Å². The van der Waals surface area contributed by atoms with Crippen molar-refractivity contribution in [2.45, 2.75) is 18.7 Å². The Hall–Kier alpha value is -3.19. The molecule has 0 spiro atoms. The van der Waals surface area contributed by atoms with Crippen molar-refractivity contribution in [2.75, 3.05) is 13.1 Å². The van der Waals surface area contributed by atoms with Crippen LogP contribution in [0.25, 0.3) is 5.65 Å². The predicted octanol–water partition coefficient (Wildman–Crippen LogP) is 1.25. The van der Waals surface area contributed by atoms with E-state index >= 15 is 0 Å². The van der Waals surface area contributed by atoms with E-state index in [-0.39, 0.29) is 29.6 Å². The van der Waals surface area contributed by atoms with Gasteiger partial charge in [0.1, 0.15) is 0 Å². The molecule has 2 aromatic heterocycles. The van der Waals surface area contributed by atoms with Gasteiger partial charge in [-0.25, -0.2) is 8.42 Å². The van der Waals surface area contributed by atoms with Crippen molar-refractivity contribution in [1.29, 1.82) is 0 Å². The highest BCUT2D eigenvalue weighted by Crippen LogP contribution is 2.33. The van der Waals surface area contributed by atoms with Crippen molar-refractivity contribution in [3.63, 3.8) is 0 Å². The molecule has 0 atom stereocenters. The smallest absolute Gasteiger partial charge is 0.312 e. The van der Waals surface area contributed by atoms with E-state index in [4.69, 9.17) is 4.74 Å². The van der Waals surface area contributed by atoms with Crippen LogP contribution in [0.5, 0.6) is 11.6 Å². The summed E-state index contributed by atoms with van der Waals surface area (Å²) in [4.78, 5) is 10.5. The van der Waals surface area contributed by atoms with E-state index in [0.717, 1.165) is 10.7 Å². The SMILES string of the molecule is CCN(CC)S(=O)(=O)c1ccc(Oc2ccc3nnnn3n2)c([N+](=O)[O-])c1. The second-order valence-corrected chi connectivity index (χ2v) is 7.21. The number of benzene rings is 1. The summed E-state index contributed by atoms with van der Waals surface area (Å²) in [5.41, 5.74) is -0.126. The van der Waals surface area contributed by atoms with E-state index in [0.29, 0.717) is 5.65 Å². The predicted molar refractivity (Wildman–Crippen MR) is 91.9 cm³/mol. The normalized spacial score (nSPS) is 11.8. The Morgan fingerprint density at radius 2 is 1.96 bits per heavy atom. The average molecular weight is 393 g/mol. The molecule has 0 N–H and O–H groups in total. The lowest BCUT2D eigenvalue weighted by Gasteiger charge is -2.18. The van der Waals surface area contributed by atoms with Gasteiger partial charge < -0.3 is 4.74 Å². The van der Waals surface area contributed by atoms with Crippen LogP contribution in [0.3, 0.4) is 0 Å². The summed E-state index contributed by atoms with van der Waals surface area (Å²) in [7, 11) is -3.84. The number of tetrazole rings is 1.